The zero-order valence-corrected chi connectivity index (χ0v) is 12.0. The Morgan fingerprint density at radius 2 is 2.29 bits per heavy atom. The number of hydrogen-bond acceptors (Lipinski definition) is 4. The van der Waals surface area contributed by atoms with Crippen LogP contribution in [0.1, 0.15) is 10.6 Å². The molecule has 5 heteroatoms. The quantitative estimate of drug-likeness (QED) is 0.943. The van der Waals surface area contributed by atoms with E-state index in [4.69, 9.17) is 5.73 Å². The number of nitrogens with zero attached hydrogens (tertiary/aromatic N) is 2. The molecule has 0 unspecified atom stereocenters. The highest BCUT2D eigenvalue weighted by Gasteiger charge is 2.06. The first-order chi connectivity index (χ1) is 8.15. The Morgan fingerprint density at radius 3 is 2.94 bits per heavy atom. The minimum absolute atomic E-state index is 0.756. The topological polar surface area (TPSA) is 42.2 Å². The van der Waals surface area contributed by atoms with Gasteiger partial charge in [0.2, 0.25) is 0 Å². The number of thiophene rings is 1. The van der Waals surface area contributed by atoms with Gasteiger partial charge in [0.05, 0.1) is 11.4 Å². The predicted molar refractivity (Wildman–Crippen MR) is 75.8 cm³/mol. The predicted octanol–water partition coefficient (Wildman–Crippen LogP) is 3.12. The highest BCUT2D eigenvalue weighted by molar-refractivity contribution is 9.10. The van der Waals surface area contributed by atoms with Gasteiger partial charge in [-0.2, -0.15) is 0 Å². The molecule has 0 atom stereocenters. The van der Waals surface area contributed by atoms with Crippen molar-refractivity contribution in [3.05, 3.63) is 44.8 Å². The average Bonchev–Trinajstić information content (AvgIpc) is 2.67. The lowest BCUT2D eigenvalue weighted by Gasteiger charge is -2.15. The molecule has 0 fully saturated rings. The summed E-state index contributed by atoms with van der Waals surface area (Å²) in [5.41, 5.74) is 7.56. The number of aromatic nitrogens is 1. The third-order valence-electron chi connectivity index (χ3n) is 2.39. The van der Waals surface area contributed by atoms with E-state index in [1.807, 2.05) is 12.1 Å². The number of halogens is 1. The SMILES string of the molecule is CN(Cc1cc(Br)cs1)Cc1ncccc1N. The summed E-state index contributed by atoms with van der Waals surface area (Å²) in [7, 11) is 2.07. The number of rotatable bonds is 4. The molecule has 17 heavy (non-hydrogen) atoms. The molecule has 0 saturated carbocycles. The van der Waals surface area contributed by atoms with Crippen LogP contribution in [0.2, 0.25) is 0 Å². The van der Waals surface area contributed by atoms with Gasteiger partial charge in [0.25, 0.3) is 0 Å². The molecule has 0 radical (unpaired) electrons. The number of hydrogen-bond donors (Lipinski definition) is 1. The van der Waals surface area contributed by atoms with Crippen molar-refractivity contribution in [1.82, 2.24) is 9.88 Å². The number of pyridine rings is 1. The van der Waals surface area contributed by atoms with Crippen LogP contribution in [-0.4, -0.2) is 16.9 Å². The monoisotopic (exact) mass is 311 g/mol. The largest absolute Gasteiger partial charge is 0.397 e. The summed E-state index contributed by atoms with van der Waals surface area (Å²) in [5, 5.41) is 2.10. The first-order valence-electron chi connectivity index (χ1n) is 5.26. The molecule has 2 heterocycles. The number of nitrogens with two attached hydrogens (primary N) is 1. The average molecular weight is 312 g/mol. The Kier molecular flexibility index (Phi) is 4.15. The van der Waals surface area contributed by atoms with Crippen LogP contribution < -0.4 is 5.73 Å². The van der Waals surface area contributed by atoms with Gasteiger partial charge in [0, 0.05) is 34.0 Å². The Labute approximate surface area is 113 Å². The third-order valence-corrected chi connectivity index (χ3v) is 4.08. The minimum atomic E-state index is 0.756. The summed E-state index contributed by atoms with van der Waals surface area (Å²) >= 11 is 5.21. The van der Waals surface area contributed by atoms with Gasteiger partial charge in [-0.25, -0.2) is 0 Å². The molecular formula is C12H14BrN3S. The second-order valence-electron chi connectivity index (χ2n) is 3.94. The van der Waals surface area contributed by atoms with Crippen molar-refractivity contribution in [3.8, 4) is 0 Å². The first kappa shape index (κ1) is 12.5. The number of nitrogen functional groups attached to an aromatic ring is 1. The van der Waals surface area contributed by atoms with Crippen molar-refractivity contribution in [2.24, 2.45) is 0 Å². The normalized spacial score (nSPS) is 11.0. The van der Waals surface area contributed by atoms with Crippen molar-refractivity contribution in [1.29, 1.82) is 0 Å². The zero-order chi connectivity index (χ0) is 12.3. The van der Waals surface area contributed by atoms with E-state index < -0.39 is 0 Å². The van der Waals surface area contributed by atoms with E-state index in [0.717, 1.165) is 28.9 Å². The minimum Gasteiger partial charge on any atom is -0.397 e. The van der Waals surface area contributed by atoms with E-state index in [-0.39, 0.29) is 0 Å². The van der Waals surface area contributed by atoms with Gasteiger partial charge in [0.15, 0.2) is 0 Å². The zero-order valence-electron chi connectivity index (χ0n) is 9.56. The van der Waals surface area contributed by atoms with E-state index in [0.29, 0.717) is 0 Å². The molecule has 0 aromatic carbocycles. The maximum absolute atomic E-state index is 5.87. The van der Waals surface area contributed by atoms with E-state index in [1.165, 1.54) is 4.88 Å². The second kappa shape index (κ2) is 5.62. The van der Waals surface area contributed by atoms with Crippen LogP contribution in [0.4, 0.5) is 5.69 Å². The lowest BCUT2D eigenvalue weighted by Crippen LogP contribution is -2.18. The Bertz CT molecular complexity index is 498. The smallest absolute Gasteiger partial charge is 0.0772 e. The third kappa shape index (κ3) is 3.52. The highest BCUT2D eigenvalue weighted by Crippen LogP contribution is 2.21. The van der Waals surface area contributed by atoms with Gasteiger partial charge < -0.3 is 5.73 Å². The van der Waals surface area contributed by atoms with Crippen molar-refractivity contribution in [2.45, 2.75) is 13.1 Å². The molecule has 2 aromatic heterocycles. The molecule has 0 spiro atoms. The second-order valence-corrected chi connectivity index (χ2v) is 5.85. The van der Waals surface area contributed by atoms with Crippen LogP contribution >= 0.6 is 27.3 Å². The fourth-order valence-corrected chi connectivity index (χ4v) is 3.13. The summed E-state index contributed by atoms with van der Waals surface area (Å²) in [6.45, 7) is 1.68. The van der Waals surface area contributed by atoms with Crippen LogP contribution in [0.15, 0.2) is 34.2 Å². The van der Waals surface area contributed by atoms with Crippen LogP contribution in [0.25, 0.3) is 0 Å². The first-order valence-corrected chi connectivity index (χ1v) is 6.93. The molecule has 2 N–H and O–H groups in total. The lowest BCUT2D eigenvalue weighted by molar-refractivity contribution is 0.318. The molecule has 90 valence electrons. The molecule has 0 aliphatic rings. The molecule has 0 aliphatic carbocycles. The Morgan fingerprint density at radius 1 is 1.47 bits per heavy atom. The Balaban J connectivity index is 1.98. The fourth-order valence-electron chi connectivity index (χ4n) is 1.60. The summed E-state index contributed by atoms with van der Waals surface area (Å²) in [5.74, 6) is 0. The van der Waals surface area contributed by atoms with Gasteiger partial charge in [-0.15, -0.1) is 11.3 Å². The molecular weight excluding hydrogens is 298 g/mol. The molecule has 0 bridgehead atoms. The maximum Gasteiger partial charge on any atom is 0.0772 e. The van der Waals surface area contributed by atoms with E-state index in [9.17, 15) is 0 Å². The summed E-state index contributed by atoms with van der Waals surface area (Å²) in [4.78, 5) is 7.83. The van der Waals surface area contributed by atoms with Crippen LogP contribution in [-0.2, 0) is 13.1 Å². The lowest BCUT2D eigenvalue weighted by atomic mass is 10.3. The van der Waals surface area contributed by atoms with E-state index in [2.05, 4.69) is 44.3 Å². The van der Waals surface area contributed by atoms with Crippen LogP contribution in [0.3, 0.4) is 0 Å². The van der Waals surface area contributed by atoms with Gasteiger partial charge in [0.1, 0.15) is 0 Å². The van der Waals surface area contributed by atoms with Crippen molar-refractivity contribution in [2.75, 3.05) is 12.8 Å². The standard InChI is InChI=1S/C12H14BrN3S/c1-16(6-10-5-9(13)8-17-10)7-12-11(14)3-2-4-15-12/h2-5,8H,6-7,14H2,1H3. The van der Waals surface area contributed by atoms with Crippen molar-refractivity contribution in [3.63, 3.8) is 0 Å². The highest BCUT2D eigenvalue weighted by atomic mass is 79.9. The summed E-state index contributed by atoms with van der Waals surface area (Å²) in [6, 6.07) is 5.88. The van der Waals surface area contributed by atoms with Crippen LogP contribution in [0.5, 0.6) is 0 Å². The summed E-state index contributed by atoms with van der Waals surface area (Å²) < 4.78 is 1.14. The fraction of sp³-hybridized carbons (Fsp3) is 0.250. The van der Waals surface area contributed by atoms with Crippen LogP contribution in [0, 0.1) is 0 Å². The molecule has 0 saturated heterocycles. The van der Waals surface area contributed by atoms with E-state index >= 15 is 0 Å². The van der Waals surface area contributed by atoms with Crippen molar-refractivity contribution >= 4 is 33.0 Å². The van der Waals surface area contributed by atoms with Gasteiger partial charge >= 0.3 is 0 Å². The maximum atomic E-state index is 5.87. The summed E-state index contributed by atoms with van der Waals surface area (Å²) in [6.07, 6.45) is 1.78. The Hall–Kier alpha value is -0.910. The van der Waals surface area contributed by atoms with Gasteiger partial charge in [-0.3, -0.25) is 9.88 Å². The molecule has 3 nitrogen and oxygen atoms in total. The molecule has 0 amide bonds. The molecule has 2 rings (SSSR count). The van der Waals surface area contributed by atoms with Gasteiger partial charge in [-0.1, -0.05) is 0 Å². The van der Waals surface area contributed by atoms with Gasteiger partial charge in [-0.05, 0) is 41.2 Å². The van der Waals surface area contributed by atoms with E-state index in [1.54, 1.807) is 17.5 Å². The molecule has 2 aromatic rings. The van der Waals surface area contributed by atoms with Crippen molar-refractivity contribution < 1.29 is 0 Å². The molecule has 0 aliphatic heterocycles. The number of anilines is 1.